The SMILES string of the molecule is CCCCCCC/C=C\C/C=C\C/C=C\CCCCCCCCCCCCCCCCC(=O)NC(COC1OC(CO)C(OC2OC(CO)C(OC3OC(CO)C(O)C(O)C3O)C(O)C2O)C(O)C1O)C(O)CCCCCCCCCCCCCCCCCCCCCCCCCCCCCCCCC. The molecule has 3 fully saturated rings. The average Bonchev–Trinajstić information content (AvgIpc) is 0.781. The Kier molecular flexibility index (Phi) is 61.7. The van der Waals surface area contributed by atoms with Gasteiger partial charge < -0.3 is 89.9 Å². The lowest BCUT2D eigenvalue weighted by atomic mass is 9.96. The Labute approximate surface area is 638 Å². The highest BCUT2D eigenvalue weighted by atomic mass is 16.8. The minimum Gasteiger partial charge on any atom is -0.394 e. The number of unbranched alkanes of at least 4 members (excludes halogenated alkanes) is 49. The molecule has 12 N–H and O–H groups in total. The maximum atomic E-state index is 13.5. The van der Waals surface area contributed by atoms with Crippen LogP contribution in [0.4, 0.5) is 0 Å². The van der Waals surface area contributed by atoms with Crippen LogP contribution in [0.5, 0.6) is 0 Å². The third-order valence-electron chi connectivity index (χ3n) is 22.0. The van der Waals surface area contributed by atoms with Gasteiger partial charge in [0.1, 0.15) is 73.2 Å². The third-order valence-corrected chi connectivity index (χ3v) is 22.0. The van der Waals surface area contributed by atoms with Gasteiger partial charge in [0.25, 0.3) is 0 Å². The number of hydrogen-bond acceptors (Lipinski definition) is 18. The smallest absolute Gasteiger partial charge is 0.220 e. The quantitative estimate of drug-likeness (QED) is 0.0199. The first-order valence-electron chi connectivity index (χ1n) is 43.7. The van der Waals surface area contributed by atoms with E-state index in [1.807, 2.05) is 0 Å². The molecule has 0 bridgehead atoms. The lowest BCUT2D eigenvalue weighted by Gasteiger charge is -2.48. The molecule has 3 aliphatic heterocycles. The van der Waals surface area contributed by atoms with Gasteiger partial charge in [0.15, 0.2) is 18.9 Å². The molecule has 3 heterocycles. The van der Waals surface area contributed by atoms with Crippen molar-refractivity contribution < 1.29 is 89.4 Å². The Morgan fingerprint density at radius 3 is 0.981 bits per heavy atom. The van der Waals surface area contributed by atoms with Crippen LogP contribution in [0.2, 0.25) is 0 Å². The molecule has 3 rings (SSSR count). The molecule has 17 atom stereocenters. The van der Waals surface area contributed by atoms with Gasteiger partial charge in [0.2, 0.25) is 5.91 Å². The Bertz CT molecular complexity index is 2030. The van der Waals surface area contributed by atoms with E-state index in [1.165, 1.54) is 283 Å². The number of nitrogens with one attached hydrogen (secondary N) is 1. The largest absolute Gasteiger partial charge is 0.394 e. The minimum absolute atomic E-state index is 0.238. The summed E-state index contributed by atoms with van der Waals surface area (Å²) in [7, 11) is 0. The van der Waals surface area contributed by atoms with E-state index in [0.717, 1.165) is 57.8 Å². The van der Waals surface area contributed by atoms with E-state index in [2.05, 4.69) is 55.6 Å². The number of carbonyl (C=O) groups excluding carboxylic acids is 1. The number of ether oxygens (including phenoxy) is 6. The first-order valence-corrected chi connectivity index (χ1v) is 43.7. The van der Waals surface area contributed by atoms with Gasteiger partial charge in [-0.3, -0.25) is 4.79 Å². The zero-order valence-electron chi connectivity index (χ0n) is 66.5. The second-order valence-corrected chi connectivity index (χ2v) is 31.4. The van der Waals surface area contributed by atoms with Gasteiger partial charge in [-0.1, -0.05) is 352 Å². The zero-order valence-corrected chi connectivity index (χ0v) is 66.5. The van der Waals surface area contributed by atoms with E-state index in [4.69, 9.17) is 28.4 Å². The van der Waals surface area contributed by atoms with Crippen LogP contribution in [-0.2, 0) is 33.2 Å². The Hall–Kier alpha value is -1.99. The molecule has 0 aromatic heterocycles. The molecule has 19 heteroatoms. The zero-order chi connectivity index (χ0) is 76.0. The summed E-state index contributed by atoms with van der Waals surface area (Å²) in [5, 5.41) is 121. The Morgan fingerprint density at radius 1 is 0.343 bits per heavy atom. The minimum atomic E-state index is -1.97. The fourth-order valence-electron chi connectivity index (χ4n) is 15.0. The standard InChI is InChI=1S/C86H161NO18/c1-3-5-7-9-11-13-15-17-19-21-23-25-27-29-31-33-34-36-37-39-41-43-45-47-49-51-53-55-57-59-61-63-70(91)69(87-74(92)64-62-60-58-56-54-52-50-48-46-44-42-40-38-35-32-30-28-26-24-22-20-18-16-14-12-10-8-6-4-2)68-100-84-80(98)77(95)82(72(66-89)102-84)105-86-81(99)78(96)83(73(67-90)103-86)104-85-79(97)76(94)75(93)71(65-88)101-85/h16,18,22,24,28,30,69-73,75-86,88-91,93-99H,3-15,17,19-21,23,25-27,29,31-68H2,1-2H3,(H,87,92)/b18-16-,24-22-,30-28-. The van der Waals surface area contributed by atoms with Crippen molar-refractivity contribution in [3.63, 3.8) is 0 Å². The summed E-state index contributed by atoms with van der Waals surface area (Å²) in [6.07, 6.45) is 56.7. The van der Waals surface area contributed by atoms with Crippen molar-refractivity contribution in [3.8, 4) is 0 Å². The number of aliphatic hydroxyl groups is 11. The number of allylic oxidation sites excluding steroid dienone is 6. The molecule has 19 nitrogen and oxygen atoms in total. The summed E-state index contributed by atoms with van der Waals surface area (Å²) in [5.74, 6) is -0.238. The van der Waals surface area contributed by atoms with Crippen molar-refractivity contribution in [3.05, 3.63) is 36.5 Å². The summed E-state index contributed by atoms with van der Waals surface area (Å²) >= 11 is 0. The normalized spacial score (nSPS) is 25.9. The van der Waals surface area contributed by atoms with Crippen LogP contribution in [0.25, 0.3) is 0 Å². The van der Waals surface area contributed by atoms with Crippen molar-refractivity contribution >= 4 is 5.91 Å². The predicted molar refractivity (Wildman–Crippen MR) is 420 cm³/mol. The van der Waals surface area contributed by atoms with E-state index in [9.17, 15) is 61.0 Å². The fraction of sp³-hybridized carbons (Fsp3) is 0.919. The summed E-state index contributed by atoms with van der Waals surface area (Å²) in [6.45, 7) is 1.85. The van der Waals surface area contributed by atoms with Gasteiger partial charge in [0, 0.05) is 6.42 Å². The monoisotopic (exact) mass is 1500 g/mol. The third kappa shape index (κ3) is 46.0. The van der Waals surface area contributed by atoms with Crippen LogP contribution in [0.3, 0.4) is 0 Å². The molecule has 105 heavy (non-hydrogen) atoms. The van der Waals surface area contributed by atoms with E-state index in [1.54, 1.807) is 0 Å². The first kappa shape index (κ1) is 97.2. The molecule has 1 amide bonds. The Balaban J connectivity index is 1.34. The number of rotatable bonds is 71. The summed E-state index contributed by atoms with van der Waals surface area (Å²) in [6, 6.07) is -0.890. The second kappa shape index (κ2) is 66.6. The molecule has 618 valence electrons. The van der Waals surface area contributed by atoms with Gasteiger partial charge in [-0.25, -0.2) is 0 Å². The van der Waals surface area contributed by atoms with Crippen LogP contribution in [-0.4, -0.2) is 193 Å². The predicted octanol–water partition coefficient (Wildman–Crippen LogP) is 15.9. The summed E-state index contributed by atoms with van der Waals surface area (Å²) < 4.78 is 34.6. The van der Waals surface area contributed by atoms with Crippen LogP contribution in [0, 0.1) is 0 Å². The molecule has 0 spiro atoms. The molecule has 3 saturated heterocycles. The van der Waals surface area contributed by atoms with Crippen molar-refractivity contribution in [1.82, 2.24) is 5.32 Å². The molecule has 0 aromatic rings. The maximum absolute atomic E-state index is 13.5. The molecular weight excluding hydrogens is 1330 g/mol. The fourth-order valence-corrected chi connectivity index (χ4v) is 15.0. The van der Waals surface area contributed by atoms with Gasteiger partial charge in [-0.15, -0.1) is 0 Å². The molecule has 0 radical (unpaired) electrons. The molecule has 17 unspecified atom stereocenters. The number of amides is 1. The number of hydrogen-bond donors (Lipinski definition) is 12. The highest BCUT2D eigenvalue weighted by molar-refractivity contribution is 5.76. The molecular formula is C86H161NO18. The summed E-state index contributed by atoms with van der Waals surface area (Å²) in [4.78, 5) is 13.5. The first-order chi connectivity index (χ1) is 51.3. The van der Waals surface area contributed by atoms with Gasteiger partial charge >= 0.3 is 0 Å². The molecule has 3 aliphatic rings. The van der Waals surface area contributed by atoms with E-state index >= 15 is 0 Å². The second-order valence-electron chi connectivity index (χ2n) is 31.4. The van der Waals surface area contributed by atoms with Crippen molar-refractivity contribution in [2.45, 2.75) is 478 Å². The lowest BCUT2D eigenvalue weighted by Crippen LogP contribution is -2.66. The van der Waals surface area contributed by atoms with Crippen LogP contribution in [0.1, 0.15) is 373 Å². The number of carbonyl (C=O) groups is 1. The lowest BCUT2D eigenvalue weighted by molar-refractivity contribution is -0.379. The van der Waals surface area contributed by atoms with Crippen molar-refractivity contribution in [2.24, 2.45) is 0 Å². The topological polar surface area (TPSA) is 307 Å². The van der Waals surface area contributed by atoms with Gasteiger partial charge in [0.05, 0.1) is 38.6 Å². The van der Waals surface area contributed by atoms with Crippen LogP contribution < -0.4 is 5.32 Å². The van der Waals surface area contributed by atoms with E-state index in [0.29, 0.717) is 12.8 Å². The van der Waals surface area contributed by atoms with Crippen molar-refractivity contribution in [2.75, 3.05) is 26.4 Å². The maximum Gasteiger partial charge on any atom is 0.220 e. The van der Waals surface area contributed by atoms with E-state index in [-0.39, 0.29) is 18.9 Å². The molecule has 0 aromatic carbocycles. The van der Waals surface area contributed by atoms with Crippen LogP contribution >= 0.6 is 0 Å². The average molecular weight is 1500 g/mol. The highest BCUT2D eigenvalue weighted by Crippen LogP contribution is 2.34. The van der Waals surface area contributed by atoms with Gasteiger partial charge in [-0.05, 0) is 51.4 Å². The molecule has 0 aliphatic carbocycles. The molecule has 0 saturated carbocycles. The van der Waals surface area contributed by atoms with Crippen LogP contribution in [0.15, 0.2) is 36.5 Å². The Morgan fingerprint density at radius 2 is 0.629 bits per heavy atom. The highest BCUT2D eigenvalue weighted by Gasteiger charge is 2.54. The van der Waals surface area contributed by atoms with E-state index < -0.39 is 124 Å². The summed E-state index contributed by atoms with van der Waals surface area (Å²) in [5.41, 5.74) is 0. The number of aliphatic hydroxyl groups excluding tert-OH is 11. The van der Waals surface area contributed by atoms with Crippen molar-refractivity contribution in [1.29, 1.82) is 0 Å². The van der Waals surface area contributed by atoms with Gasteiger partial charge in [-0.2, -0.15) is 0 Å².